The number of hydrogen-bond acceptors (Lipinski definition) is 5. The minimum absolute atomic E-state index is 0.169. The van der Waals surface area contributed by atoms with Gasteiger partial charge in [0.05, 0.1) is 13.7 Å². The summed E-state index contributed by atoms with van der Waals surface area (Å²) in [7, 11) is 3.07. The first kappa shape index (κ1) is 17.6. The fourth-order valence-electron chi connectivity index (χ4n) is 1.69. The molecule has 118 valence electrons. The van der Waals surface area contributed by atoms with Gasteiger partial charge in [0.1, 0.15) is 0 Å². The molecule has 0 atom stereocenters. The zero-order valence-electron chi connectivity index (χ0n) is 12.1. The van der Waals surface area contributed by atoms with Crippen molar-refractivity contribution in [3.8, 4) is 11.5 Å². The minimum atomic E-state index is -0.262. The van der Waals surface area contributed by atoms with Gasteiger partial charge in [0.2, 0.25) is 0 Å². The van der Waals surface area contributed by atoms with Gasteiger partial charge in [-0.05, 0) is 12.5 Å². The fourth-order valence-corrected chi connectivity index (χ4v) is 1.92. The Kier molecular flexibility index (Phi) is 7.89. The van der Waals surface area contributed by atoms with Crippen LogP contribution in [-0.4, -0.2) is 45.0 Å². The second kappa shape index (κ2) is 9.44. The van der Waals surface area contributed by atoms with Crippen molar-refractivity contribution in [3.63, 3.8) is 0 Å². The first-order valence-corrected chi connectivity index (χ1v) is 6.85. The summed E-state index contributed by atoms with van der Waals surface area (Å²) in [5.41, 5.74) is 0.464. The summed E-state index contributed by atoms with van der Waals surface area (Å²) in [6, 6.07) is 3.13. The van der Waals surface area contributed by atoms with Gasteiger partial charge in [0.25, 0.3) is 5.91 Å². The lowest BCUT2D eigenvalue weighted by Gasteiger charge is -2.14. The molecule has 0 unspecified atom stereocenters. The Labute approximate surface area is 129 Å². The number of aliphatic hydroxyl groups excluding tert-OH is 1. The van der Waals surface area contributed by atoms with E-state index in [0.717, 1.165) is 6.42 Å². The summed E-state index contributed by atoms with van der Waals surface area (Å²) >= 11 is 5.90. The molecule has 1 amide bonds. The highest BCUT2D eigenvalue weighted by Gasteiger charge is 2.14. The second-order valence-electron chi connectivity index (χ2n) is 4.24. The van der Waals surface area contributed by atoms with Crippen molar-refractivity contribution in [2.45, 2.75) is 13.0 Å². The van der Waals surface area contributed by atoms with Gasteiger partial charge in [-0.3, -0.25) is 4.79 Å². The van der Waals surface area contributed by atoms with E-state index in [9.17, 15) is 9.90 Å². The summed E-state index contributed by atoms with van der Waals surface area (Å²) in [6.45, 7) is 0.668. The first-order valence-electron chi connectivity index (χ1n) is 6.48. The minimum Gasteiger partial charge on any atom is -0.493 e. The van der Waals surface area contributed by atoms with Crippen LogP contribution in [0.1, 0.15) is 12.0 Å². The topological polar surface area (TPSA) is 77.0 Å². The average Bonchev–Trinajstić information content (AvgIpc) is 2.49. The Bertz CT molecular complexity index is 442. The highest BCUT2D eigenvalue weighted by atomic mass is 35.5. The zero-order valence-corrected chi connectivity index (χ0v) is 12.9. The molecule has 21 heavy (non-hydrogen) atoms. The Balaban J connectivity index is 2.60. The van der Waals surface area contributed by atoms with E-state index < -0.39 is 0 Å². The molecule has 0 radical (unpaired) electrons. The number of rotatable bonds is 9. The molecule has 0 aliphatic rings. The van der Waals surface area contributed by atoms with E-state index >= 15 is 0 Å². The van der Waals surface area contributed by atoms with E-state index in [-0.39, 0.29) is 19.1 Å². The van der Waals surface area contributed by atoms with Crippen LogP contribution in [0.2, 0.25) is 5.02 Å². The highest BCUT2D eigenvalue weighted by Crippen LogP contribution is 2.34. The standard InChI is InChI=1S/C14H20ClNO5/c1-19-5-3-4-16-13(18)9-21-14-10(8-17)6-11(15)7-12(14)20-2/h6-7,17H,3-5,8-9H2,1-2H3,(H,16,18). The first-order chi connectivity index (χ1) is 10.1. The van der Waals surface area contributed by atoms with Crippen LogP contribution in [0.3, 0.4) is 0 Å². The maximum atomic E-state index is 11.6. The number of carbonyl (C=O) groups is 1. The van der Waals surface area contributed by atoms with Gasteiger partial charge in [-0.25, -0.2) is 0 Å². The molecule has 0 aliphatic carbocycles. The zero-order chi connectivity index (χ0) is 15.7. The molecule has 2 N–H and O–H groups in total. The average molecular weight is 318 g/mol. The van der Waals surface area contributed by atoms with Gasteiger partial charge in [-0.15, -0.1) is 0 Å². The number of amides is 1. The lowest BCUT2D eigenvalue weighted by molar-refractivity contribution is -0.123. The van der Waals surface area contributed by atoms with Crippen LogP contribution in [-0.2, 0) is 16.1 Å². The summed E-state index contributed by atoms with van der Waals surface area (Å²) in [5, 5.41) is 12.4. The highest BCUT2D eigenvalue weighted by molar-refractivity contribution is 6.30. The summed E-state index contributed by atoms with van der Waals surface area (Å²) in [4.78, 5) is 11.6. The molecule has 6 nitrogen and oxygen atoms in total. The second-order valence-corrected chi connectivity index (χ2v) is 4.68. The van der Waals surface area contributed by atoms with Crippen molar-refractivity contribution in [3.05, 3.63) is 22.7 Å². The van der Waals surface area contributed by atoms with Crippen molar-refractivity contribution < 1.29 is 24.1 Å². The third-order valence-corrected chi connectivity index (χ3v) is 2.90. The Morgan fingerprint density at radius 3 is 2.76 bits per heavy atom. The lowest BCUT2D eigenvalue weighted by Crippen LogP contribution is -2.30. The van der Waals surface area contributed by atoms with Crippen LogP contribution >= 0.6 is 11.6 Å². The number of ether oxygens (including phenoxy) is 3. The predicted octanol–water partition coefficient (Wildman–Crippen LogP) is 1.37. The lowest BCUT2D eigenvalue weighted by atomic mass is 10.2. The molecule has 1 rings (SSSR count). The number of halogens is 1. The molecule has 0 saturated carbocycles. The molecule has 0 aromatic heterocycles. The van der Waals surface area contributed by atoms with Crippen LogP contribution in [0.4, 0.5) is 0 Å². The van der Waals surface area contributed by atoms with Crippen molar-refractivity contribution in [1.29, 1.82) is 0 Å². The summed E-state index contributed by atoms with van der Waals surface area (Å²) in [5.74, 6) is 0.433. The van der Waals surface area contributed by atoms with Gasteiger partial charge in [-0.2, -0.15) is 0 Å². The molecule has 0 fully saturated rings. The molecular weight excluding hydrogens is 298 g/mol. The maximum Gasteiger partial charge on any atom is 0.257 e. The maximum absolute atomic E-state index is 11.6. The number of benzene rings is 1. The van der Waals surface area contributed by atoms with Crippen molar-refractivity contribution in [2.24, 2.45) is 0 Å². The van der Waals surface area contributed by atoms with Gasteiger partial charge < -0.3 is 24.6 Å². The third-order valence-electron chi connectivity index (χ3n) is 2.68. The van der Waals surface area contributed by atoms with E-state index in [1.807, 2.05) is 0 Å². The van der Waals surface area contributed by atoms with E-state index in [1.165, 1.54) is 7.11 Å². The van der Waals surface area contributed by atoms with Crippen LogP contribution in [0.5, 0.6) is 11.5 Å². The third kappa shape index (κ3) is 5.79. The number of hydrogen-bond donors (Lipinski definition) is 2. The molecule has 0 saturated heterocycles. The number of carbonyl (C=O) groups excluding carboxylic acids is 1. The van der Waals surface area contributed by atoms with Gasteiger partial charge in [-0.1, -0.05) is 11.6 Å². The quantitative estimate of drug-likeness (QED) is 0.673. The molecule has 1 aromatic rings. The van der Waals surface area contributed by atoms with Crippen molar-refractivity contribution in [2.75, 3.05) is 34.0 Å². The van der Waals surface area contributed by atoms with E-state index in [0.29, 0.717) is 35.2 Å². The molecule has 7 heteroatoms. The van der Waals surface area contributed by atoms with Crippen LogP contribution < -0.4 is 14.8 Å². The van der Waals surface area contributed by atoms with Gasteiger partial charge in [0.15, 0.2) is 18.1 Å². The smallest absolute Gasteiger partial charge is 0.257 e. The number of nitrogens with one attached hydrogen (secondary N) is 1. The summed E-state index contributed by atoms with van der Waals surface area (Å²) < 4.78 is 15.5. The Morgan fingerprint density at radius 2 is 2.14 bits per heavy atom. The molecule has 1 aromatic carbocycles. The molecular formula is C14H20ClNO5. The monoisotopic (exact) mass is 317 g/mol. The van der Waals surface area contributed by atoms with Gasteiger partial charge >= 0.3 is 0 Å². The normalized spacial score (nSPS) is 10.3. The fraction of sp³-hybridized carbons (Fsp3) is 0.500. The van der Waals surface area contributed by atoms with Crippen molar-refractivity contribution in [1.82, 2.24) is 5.32 Å². The van der Waals surface area contributed by atoms with E-state index in [1.54, 1.807) is 19.2 Å². The van der Waals surface area contributed by atoms with Crippen molar-refractivity contribution >= 4 is 17.5 Å². The number of methoxy groups -OCH3 is 2. The molecule has 0 spiro atoms. The largest absolute Gasteiger partial charge is 0.493 e. The molecule has 0 heterocycles. The SMILES string of the molecule is COCCCNC(=O)COc1c(CO)cc(Cl)cc1OC. The number of aliphatic hydroxyl groups is 1. The van der Waals surface area contributed by atoms with Crippen LogP contribution in [0.15, 0.2) is 12.1 Å². The summed E-state index contributed by atoms with van der Waals surface area (Å²) in [6.07, 6.45) is 0.731. The predicted molar refractivity (Wildman–Crippen MR) is 78.9 cm³/mol. The molecule has 0 bridgehead atoms. The van der Waals surface area contributed by atoms with E-state index in [4.69, 9.17) is 25.8 Å². The molecule has 0 aliphatic heterocycles. The van der Waals surface area contributed by atoms with Crippen LogP contribution in [0, 0.1) is 0 Å². The van der Waals surface area contributed by atoms with Crippen LogP contribution in [0.25, 0.3) is 0 Å². The Morgan fingerprint density at radius 1 is 1.38 bits per heavy atom. The van der Waals surface area contributed by atoms with E-state index in [2.05, 4.69) is 5.32 Å². The van der Waals surface area contributed by atoms with Gasteiger partial charge in [0, 0.05) is 36.9 Å². The Hall–Kier alpha value is -1.50.